The van der Waals surface area contributed by atoms with Crippen LogP contribution in [0.5, 0.6) is 0 Å². The number of para-hydroxylation sites is 1. The highest BCUT2D eigenvalue weighted by molar-refractivity contribution is 5.67. The number of benzene rings is 1. The van der Waals surface area contributed by atoms with E-state index in [9.17, 15) is 10.1 Å². The molecule has 0 saturated carbocycles. The van der Waals surface area contributed by atoms with Crippen LogP contribution in [0.1, 0.15) is 0 Å². The number of pyridine rings is 1. The molecule has 2 aromatic rings. The van der Waals surface area contributed by atoms with Crippen molar-refractivity contribution in [3.8, 4) is 0 Å². The number of rotatable bonds is 3. The molecule has 0 amide bonds. The number of hydrogen-bond acceptors (Lipinski definition) is 4. The molecule has 0 radical (unpaired) electrons. The lowest BCUT2D eigenvalue weighted by Crippen LogP contribution is -1.97. The average Bonchev–Trinajstić information content (AvgIpc) is 2.31. The molecule has 0 aliphatic rings. The number of anilines is 2. The first-order valence-electron chi connectivity index (χ1n) is 4.68. The van der Waals surface area contributed by atoms with Crippen molar-refractivity contribution in [1.82, 2.24) is 4.98 Å². The minimum absolute atomic E-state index is 0.0128. The van der Waals surface area contributed by atoms with Gasteiger partial charge in [0.1, 0.15) is 5.69 Å². The van der Waals surface area contributed by atoms with Crippen LogP contribution in [0.2, 0.25) is 0 Å². The van der Waals surface area contributed by atoms with E-state index in [1.165, 1.54) is 18.5 Å². The van der Waals surface area contributed by atoms with E-state index in [-0.39, 0.29) is 5.69 Å². The SMILES string of the molecule is O=[N+]([O-])c1ccncc1Nc1ccccc1. The Labute approximate surface area is 91.9 Å². The van der Waals surface area contributed by atoms with Gasteiger partial charge in [-0.2, -0.15) is 0 Å². The number of aromatic nitrogens is 1. The summed E-state index contributed by atoms with van der Waals surface area (Å²) in [7, 11) is 0. The Morgan fingerprint density at radius 2 is 1.94 bits per heavy atom. The number of nitrogens with one attached hydrogen (secondary N) is 1. The van der Waals surface area contributed by atoms with Gasteiger partial charge in [0.2, 0.25) is 0 Å². The van der Waals surface area contributed by atoms with Gasteiger partial charge in [-0.1, -0.05) is 18.2 Å². The fourth-order valence-electron chi connectivity index (χ4n) is 1.32. The molecule has 0 saturated heterocycles. The molecule has 0 spiro atoms. The lowest BCUT2D eigenvalue weighted by molar-refractivity contribution is -0.384. The zero-order valence-electron chi connectivity index (χ0n) is 8.33. The van der Waals surface area contributed by atoms with E-state index < -0.39 is 4.92 Å². The summed E-state index contributed by atoms with van der Waals surface area (Å²) in [6, 6.07) is 10.6. The minimum atomic E-state index is -0.438. The molecule has 0 fully saturated rings. The van der Waals surface area contributed by atoms with Crippen LogP contribution in [0, 0.1) is 10.1 Å². The quantitative estimate of drug-likeness (QED) is 0.631. The van der Waals surface area contributed by atoms with Crippen LogP contribution in [0.15, 0.2) is 48.8 Å². The van der Waals surface area contributed by atoms with Crippen molar-refractivity contribution in [3.63, 3.8) is 0 Å². The highest BCUT2D eigenvalue weighted by atomic mass is 16.6. The van der Waals surface area contributed by atoms with Gasteiger partial charge in [-0.25, -0.2) is 0 Å². The summed E-state index contributed by atoms with van der Waals surface area (Å²) >= 11 is 0. The molecule has 1 heterocycles. The molecular formula is C11H9N3O2. The van der Waals surface area contributed by atoms with Crippen LogP contribution < -0.4 is 5.32 Å². The van der Waals surface area contributed by atoms with E-state index in [4.69, 9.17) is 0 Å². The first kappa shape index (κ1) is 10.1. The molecule has 0 bridgehead atoms. The van der Waals surface area contributed by atoms with Gasteiger partial charge in [-0.05, 0) is 12.1 Å². The topological polar surface area (TPSA) is 68.1 Å². The second-order valence-electron chi connectivity index (χ2n) is 3.14. The largest absolute Gasteiger partial charge is 0.349 e. The van der Waals surface area contributed by atoms with E-state index >= 15 is 0 Å². The molecule has 0 aliphatic carbocycles. The number of nitrogens with zero attached hydrogens (tertiary/aromatic N) is 2. The Balaban J connectivity index is 2.31. The molecule has 2 rings (SSSR count). The van der Waals surface area contributed by atoms with E-state index in [0.717, 1.165) is 5.69 Å². The smallest absolute Gasteiger partial charge is 0.295 e. The molecule has 0 aliphatic heterocycles. The Bertz CT molecular complexity index is 500. The van der Waals surface area contributed by atoms with Gasteiger partial charge in [-0.3, -0.25) is 15.1 Å². The van der Waals surface area contributed by atoms with Crippen LogP contribution in [0.3, 0.4) is 0 Å². The van der Waals surface area contributed by atoms with Crippen molar-refractivity contribution in [2.45, 2.75) is 0 Å². The second-order valence-corrected chi connectivity index (χ2v) is 3.14. The third kappa shape index (κ3) is 2.14. The first-order valence-corrected chi connectivity index (χ1v) is 4.68. The molecule has 16 heavy (non-hydrogen) atoms. The van der Waals surface area contributed by atoms with Crippen LogP contribution >= 0.6 is 0 Å². The first-order chi connectivity index (χ1) is 7.77. The van der Waals surface area contributed by atoms with Crippen molar-refractivity contribution in [2.24, 2.45) is 0 Å². The van der Waals surface area contributed by atoms with Crippen LogP contribution in [-0.2, 0) is 0 Å². The molecular weight excluding hydrogens is 206 g/mol. The summed E-state index contributed by atoms with van der Waals surface area (Å²) in [5, 5.41) is 13.7. The average molecular weight is 215 g/mol. The number of hydrogen-bond donors (Lipinski definition) is 1. The van der Waals surface area contributed by atoms with E-state index in [2.05, 4.69) is 10.3 Å². The van der Waals surface area contributed by atoms with Gasteiger partial charge >= 0.3 is 0 Å². The zero-order valence-corrected chi connectivity index (χ0v) is 8.33. The highest BCUT2D eigenvalue weighted by Crippen LogP contribution is 2.25. The Kier molecular flexibility index (Phi) is 2.77. The van der Waals surface area contributed by atoms with Gasteiger partial charge in [0.05, 0.1) is 11.1 Å². The van der Waals surface area contributed by atoms with Crippen molar-refractivity contribution >= 4 is 17.1 Å². The lowest BCUT2D eigenvalue weighted by atomic mass is 10.3. The Morgan fingerprint density at radius 3 is 2.62 bits per heavy atom. The summed E-state index contributed by atoms with van der Waals surface area (Å²) < 4.78 is 0. The second kappa shape index (κ2) is 4.39. The minimum Gasteiger partial charge on any atom is -0.349 e. The fourth-order valence-corrected chi connectivity index (χ4v) is 1.32. The Morgan fingerprint density at radius 1 is 1.19 bits per heavy atom. The van der Waals surface area contributed by atoms with Crippen LogP contribution in [0.25, 0.3) is 0 Å². The van der Waals surface area contributed by atoms with Gasteiger partial charge in [0.15, 0.2) is 0 Å². The third-order valence-electron chi connectivity index (χ3n) is 2.05. The number of nitro groups is 1. The maximum atomic E-state index is 10.7. The van der Waals surface area contributed by atoms with Gasteiger partial charge in [-0.15, -0.1) is 0 Å². The Hall–Kier alpha value is -2.43. The predicted octanol–water partition coefficient (Wildman–Crippen LogP) is 2.73. The summed E-state index contributed by atoms with van der Waals surface area (Å²) in [6.07, 6.45) is 2.83. The van der Waals surface area contributed by atoms with Crippen molar-refractivity contribution in [2.75, 3.05) is 5.32 Å². The summed E-state index contributed by atoms with van der Waals surface area (Å²) in [4.78, 5) is 14.2. The third-order valence-corrected chi connectivity index (χ3v) is 2.05. The molecule has 5 heteroatoms. The van der Waals surface area contributed by atoms with E-state index in [0.29, 0.717) is 5.69 Å². The summed E-state index contributed by atoms with van der Waals surface area (Å²) in [5.41, 5.74) is 1.19. The maximum absolute atomic E-state index is 10.7. The lowest BCUT2D eigenvalue weighted by Gasteiger charge is -2.05. The van der Waals surface area contributed by atoms with Crippen LogP contribution in [0.4, 0.5) is 17.1 Å². The molecule has 80 valence electrons. The van der Waals surface area contributed by atoms with Gasteiger partial charge < -0.3 is 5.32 Å². The highest BCUT2D eigenvalue weighted by Gasteiger charge is 2.12. The fraction of sp³-hybridized carbons (Fsp3) is 0. The summed E-state index contributed by atoms with van der Waals surface area (Å²) in [5.74, 6) is 0. The molecule has 0 unspecified atom stereocenters. The van der Waals surface area contributed by atoms with Crippen molar-refractivity contribution in [3.05, 3.63) is 58.9 Å². The maximum Gasteiger partial charge on any atom is 0.295 e. The molecule has 5 nitrogen and oxygen atoms in total. The predicted molar refractivity (Wildman–Crippen MR) is 60.6 cm³/mol. The van der Waals surface area contributed by atoms with E-state index in [1.807, 2.05) is 30.3 Å². The van der Waals surface area contributed by atoms with Crippen molar-refractivity contribution in [1.29, 1.82) is 0 Å². The van der Waals surface area contributed by atoms with Gasteiger partial charge in [0, 0.05) is 18.0 Å². The molecule has 1 aromatic heterocycles. The molecule has 1 aromatic carbocycles. The van der Waals surface area contributed by atoms with Crippen molar-refractivity contribution < 1.29 is 4.92 Å². The summed E-state index contributed by atoms with van der Waals surface area (Å²) in [6.45, 7) is 0. The zero-order chi connectivity index (χ0) is 11.4. The van der Waals surface area contributed by atoms with Gasteiger partial charge in [0.25, 0.3) is 5.69 Å². The standard InChI is InChI=1S/C11H9N3O2/c15-14(16)11-6-7-12-8-10(11)13-9-4-2-1-3-5-9/h1-8,13H. The molecule has 1 N–H and O–H groups in total. The normalized spacial score (nSPS) is 9.75. The molecule has 0 atom stereocenters. The van der Waals surface area contributed by atoms with E-state index in [1.54, 1.807) is 0 Å². The van der Waals surface area contributed by atoms with Crippen LogP contribution in [-0.4, -0.2) is 9.91 Å². The monoisotopic (exact) mass is 215 g/mol.